The molecule has 1 aliphatic carbocycles. The summed E-state index contributed by atoms with van der Waals surface area (Å²) in [5.41, 5.74) is -0.142. The molecule has 0 aliphatic heterocycles. The van der Waals surface area contributed by atoms with Gasteiger partial charge in [-0.05, 0) is 25.0 Å². The van der Waals surface area contributed by atoms with Crippen LogP contribution in [0.25, 0.3) is 0 Å². The van der Waals surface area contributed by atoms with Gasteiger partial charge in [-0.15, -0.1) is 0 Å². The highest BCUT2D eigenvalue weighted by atomic mass is 32.2. The molecule has 0 bridgehead atoms. The minimum Gasteiger partial charge on any atom is -0.354 e. The van der Waals surface area contributed by atoms with E-state index in [-0.39, 0.29) is 5.69 Å². The third-order valence-electron chi connectivity index (χ3n) is 4.23. The highest BCUT2D eigenvalue weighted by Gasteiger charge is 2.29. The van der Waals surface area contributed by atoms with Crippen molar-refractivity contribution in [3.05, 3.63) is 30.1 Å². The fraction of sp³-hybridized carbons (Fsp3) is 0.588. The van der Waals surface area contributed by atoms with E-state index in [1.807, 2.05) is 11.8 Å². The number of halogens is 1. The second-order valence-corrected chi connectivity index (χ2v) is 9.85. The maximum absolute atomic E-state index is 14.1. The number of benzene rings is 1. The first-order valence-electron chi connectivity index (χ1n) is 8.65. The van der Waals surface area contributed by atoms with Crippen LogP contribution in [0.5, 0.6) is 0 Å². The molecule has 6 nitrogen and oxygen atoms in total. The third kappa shape index (κ3) is 5.59. The van der Waals surface area contributed by atoms with Crippen LogP contribution in [0.2, 0.25) is 0 Å². The molecule has 1 fully saturated rings. The van der Waals surface area contributed by atoms with Gasteiger partial charge in [-0.1, -0.05) is 25.0 Å². The summed E-state index contributed by atoms with van der Waals surface area (Å²) in [5.74, 6) is -0.357. The number of carbonyl (C=O) groups excluding carboxylic acids is 1. The molecule has 0 saturated heterocycles. The third-order valence-corrected chi connectivity index (χ3v) is 7.42. The fourth-order valence-electron chi connectivity index (χ4n) is 2.80. The number of nitrogens with one attached hydrogen (secondary N) is 1. The number of anilines is 1. The Kier molecular flexibility index (Phi) is 7.72. The predicted molar refractivity (Wildman–Crippen MR) is 104 cm³/mol. The van der Waals surface area contributed by atoms with Crippen molar-refractivity contribution in [1.29, 1.82) is 0 Å². The van der Waals surface area contributed by atoms with E-state index in [1.54, 1.807) is 0 Å². The number of carbonyl (C=O) groups is 1. The van der Waals surface area contributed by atoms with E-state index in [2.05, 4.69) is 5.32 Å². The van der Waals surface area contributed by atoms with E-state index in [9.17, 15) is 17.6 Å². The zero-order valence-corrected chi connectivity index (χ0v) is 16.8. The quantitative estimate of drug-likeness (QED) is 0.642. The second kappa shape index (κ2) is 9.57. The van der Waals surface area contributed by atoms with Crippen molar-refractivity contribution in [3.63, 3.8) is 0 Å². The van der Waals surface area contributed by atoms with Crippen molar-refractivity contribution >= 4 is 33.6 Å². The number of thioether (sulfide) groups is 1. The summed E-state index contributed by atoms with van der Waals surface area (Å²) in [7, 11) is -1.30. The average molecular weight is 404 g/mol. The normalized spacial score (nSPS) is 15.4. The zero-order chi connectivity index (χ0) is 19.2. The van der Waals surface area contributed by atoms with Crippen LogP contribution < -0.4 is 9.62 Å². The Bertz CT molecular complexity index is 707. The number of hydrogen-bond donors (Lipinski definition) is 1. The molecule has 1 amide bonds. The first-order chi connectivity index (χ1) is 12.3. The highest BCUT2D eigenvalue weighted by molar-refractivity contribution is 7.99. The minimum absolute atomic E-state index is 0.142. The second-order valence-electron chi connectivity index (χ2n) is 6.38. The monoisotopic (exact) mass is 403 g/mol. The topological polar surface area (TPSA) is 69.7 Å². The minimum atomic E-state index is -3.99. The Labute approximate surface area is 159 Å². The smallest absolute Gasteiger partial charge is 0.304 e. The molecule has 0 atom stereocenters. The lowest BCUT2D eigenvalue weighted by molar-refractivity contribution is -0.119. The molecule has 9 heteroatoms. The van der Waals surface area contributed by atoms with Crippen LogP contribution in [0.3, 0.4) is 0 Å². The zero-order valence-electron chi connectivity index (χ0n) is 15.2. The molecule has 1 N–H and O–H groups in total. The van der Waals surface area contributed by atoms with Crippen molar-refractivity contribution in [2.24, 2.45) is 0 Å². The maximum Gasteiger partial charge on any atom is 0.304 e. The van der Waals surface area contributed by atoms with Crippen molar-refractivity contribution in [2.75, 3.05) is 37.2 Å². The molecule has 146 valence electrons. The Morgan fingerprint density at radius 3 is 2.54 bits per heavy atom. The van der Waals surface area contributed by atoms with Crippen molar-refractivity contribution in [3.8, 4) is 0 Å². The average Bonchev–Trinajstić information content (AvgIpc) is 3.10. The molecule has 0 radical (unpaired) electrons. The largest absolute Gasteiger partial charge is 0.354 e. The molecule has 1 aromatic carbocycles. The summed E-state index contributed by atoms with van der Waals surface area (Å²) >= 11 is 1.84. The van der Waals surface area contributed by atoms with Crippen LogP contribution in [0.1, 0.15) is 25.7 Å². The first-order valence-corrected chi connectivity index (χ1v) is 11.1. The molecule has 1 aromatic rings. The lowest BCUT2D eigenvalue weighted by Crippen LogP contribution is -2.46. The SMILES string of the molecule is CN(C)S(=O)(=O)N(CC(=O)NCCSC1CCCC1)c1ccccc1F. The number of amides is 1. The molecule has 1 saturated carbocycles. The number of para-hydroxylation sites is 1. The van der Waals surface area contributed by atoms with Gasteiger partial charge in [0.15, 0.2) is 0 Å². The van der Waals surface area contributed by atoms with E-state index < -0.39 is 28.5 Å². The van der Waals surface area contributed by atoms with Gasteiger partial charge in [0.1, 0.15) is 12.4 Å². The van der Waals surface area contributed by atoms with Gasteiger partial charge in [-0.2, -0.15) is 24.5 Å². The number of nitrogens with zero attached hydrogens (tertiary/aromatic N) is 2. The number of hydrogen-bond acceptors (Lipinski definition) is 4. The van der Waals surface area contributed by atoms with Gasteiger partial charge in [0.2, 0.25) is 5.91 Å². The van der Waals surface area contributed by atoms with Gasteiger partial charge in [0.25, 0.3) is 0 Å². The van der Waals surface area contributed by atoms with E-state index in [1.165, 1.54) is 64.0 Å². The first kappa shape index (κ1) is 21.0. The van der Waals surface area contributed by atoms with Crippen molar-refractivity contribution in [2.45, 2.75) is 30.9 Å². The molecule has 0 heterocycles. The van der Waals surface area contributed by atoms with E-state index in [4.69, 9.17) is 0 Å². The predicted octanol–water partition coefficient (Wildman–Crippen LogP) is 2.23. The van der Waals surface area contributed by atoms with Gasteiger partial charge in [0, 0.05) is 31.6 Å². The van der Waals surface area contributed by atoms with E-state index >= 15 is 0 Å². The molecular formula is C17H26FN3O3S2. The van der Waals surface area contributed by atoms with Gasteiger partial charge >= 0.3 is 10.2 Å². The van der Waals surface area contributed by atoms with Gasteiger partial charge < -0.3 is 5.32 Å². The van der Waals surface area contributed by atoms with Crippen LogP contribution in [0, 0.1) is 5.82 Å². The van der Waals surface area contributed by atoms with Crippen molar-refractivity contribution in [1.82, 2.24) is 9.62 Å². The number of rotatable bonds is 9. The van der Waals surface area contributed by atoms with Crippen LogP contribution >= 0.6 is 11.8 Å². The van der Waals surface area contributed by atoms with Gasteiger partial charge in [0.05, 0.1) is 5.69 Å². The summed E-state index contributed by atoms with van der Waals surface area (Å²) in [6.45, 7) is 0.00264. The van der Waals surface area contributed by atoms with Crippen LogP contribution in [0.4, 0.5) is 10.1 Å². The van der Waals surface area contributed by atoms with Crippen LogP contribution in [0.15, 0.2) is 24.3 Å². The van der Waals surface area contributed by atoms with Crippen LogP contribution in [-0.4, -0.2) is 56.8 Å². The Hall–Kier alpha value is -1.32. The highest BCUT2D eigenvalue weighted by Crippen LogP contribution is 2.29. The summed E-state index contributed by atoms with van der Waals surface area (Å²) in [6, 6.07) is 5.52. The summed E-state index contributed by atoms with van der Waals surface area (Å²) in [6.07, 6.45) is 4.98. The van der Waals surface area contributed by atoms with E-state index in [0.29, 0.717) is 11.8 Å². The molecule has 0 unspecified atom stereocenters. The lowest BCUT2D eigenvalue weighted by atomic mass is 10.3. The van der Waals surface area contributed by atoms with Crippen molar-refractivity contribution < 1.29 is 17.6 Å². The molecule has 0 aromatic heterocycles. The lowest BCUT2D eigenvalue weighted by Gasteiger charge is -2.27. The van der Waals surface area contributed by atoms with Crippen LogP contribution in [-0.2, 0) is 15.0 Å². The summed E-state index contributed by atoms with van der Waals surface area (Å²) in [4.78, 5) is 12.2. The molecule has 0 spiro atoms. The molecule has 2 rings (SSSR count). The maximum atomic E-state index is 14.1. The van der Waals surface area contributed by atoms with Gasteiger partial charge in [-0.25, -0.2) is 8.70 Å². The molecule has 26 heavy (non-hydrogen) atoms. The summed E-state index contributed by atoms with van der Waals surface area (Å²) < 4.78 is 40.9. The Balaban J connectivity index is 1.97. The van der Waals surface area contributed by atoms with Gasteiger partial charge in [-0.3, -0.25) is 4.79 Å². The van der Waals surface area contributed by atoms with E-state index in [0.717, 1.165) is 14.4 Å². The fourth-order valence-corrected chi connectivity index (χ4v) is 5.09. The molecule has 1 aliphatic rings. The Morgan fingerprint density at radius 1 is 1.27 bits per heavy atom. The molecular weight excluding hydrogens is 377 g/mol. The summed E-state index contributed by atoms with van der Waals surface area (Å²) in [5, 5.41) is 3.39. The standard InChI is InChI=1S/C17H26FN3O3S2/c1-20(2)26(23,24)21(16-10-6-5-9-15(16)18)13-17(22)19-11-12-25-14-7-3-4-8-14/h5-6,9-10,14H,3-4,7-8,11-13H2,1-2H3,(H,19,22). The Morgan fingerprint density at radius 2 is 1.92 bits per heavy atom.